The highest BCUT2D eigenvalue weighted by molar-refractivity contribution is 7.48. The molecule has 0 unspecified atom stereocenters. The molecule has 86 valence electrons. The summed E-state index contributed by atoms with van der Waals surface area (Å²) in [6, 6.07) is 0. The monoisotopic (exact) mass is 224 g/mol. The molecule has 14 heavy (non-hydrogen) atoms. The maximum Gasteiger partial charge on any atom is 0.474 e. The van der Waals surface area contributed by atoms with Gasteiger partial charge in [0.2, 0.25) is 0 Å². The largest absolute Gasteiger partial charge is 0.474 e. The zero-order valence-corrected chi connectivity index (χ0v) is 10.5. The molecule has 0 aliphatic heterocycles. The lowest BCUT2D eigenvalue weighted by molar-refractivity contribution is 0.111. The smallest absolute Gasteiger partial charge is 0.290 e. The van der Waals surface area contributed by atoms with E-state index < -0.39 is 7.82 Å². The van der Waals surface area contributed by atoms with Crippen LogP contribution >= 0.6 is 7.82 Å². The maximum absolute atomic E-state index is 11.7. The van der Waals surface area contributed by atoms with Gasteiger partial charge < -0.3 is 0 Å². The van der Waals surface area contributed by atoms with Gasteiger partial charge in [0.1, 0.15) is 0 Å². The Morgan fingerprint density at radius 1 is 1.00 bits per heavy atom. The molecule has 0 bridgehead atoms. The normalized spacial score (nSPS) is 12.8. The van der Waals surface area contributed by atoms with Crippen molar-refractivity contribution in [3.63, 3.8) is 0 Å². The third-order valence-corrected chi connectivity index (χ3v) is 2.73. The topological polar surface area (TPSA) is 44.8 Å². The number of rotatable bonds is 7. The first-order chi connectivity index (χ1) is 6.39. The van der Waals surface area contributed by atoms with Crippen LogP contribution in [0, 0.1) is 11.8 Å². The predicted molar refractivity (Wildman–Crippen MR) is 56.2 cm³/mol. The molecule has 0 aromatic carbocycles. The second kappa shape index (κ2) is 6.57. The van der Waals surface area contributed by atoms with Gasteiger partial charge in [-0.05, 0) is 11.8 Å². The van der Waals surface area contributed by atoms with Gasteiger partial charge in [-0.25, -0.2) is 4.57 Å². The number of phosphoric ester groups is 1. The summed E-state index contributed by atoms with van der Waals surface area (Å²) in [5.41, 5.74) is 0. The highest BCUT2D eigenvalue weighted by atomic mass is 31.2. The third-order valence-electron chi connectivity index (χ3n) is 1.36. The van der Waals surface area contributed by atoms with Crippen molar-refractivity contribution < 1.29 is 18.1 Å². The molecule has 0 saturated heterocycles. The molecule has 0 saturated carbocycles. The van der Waals surface area contributed by atoms with E-state index in [9.17, 15) is 4.57 Å². The van der Waals surface area contributed by atoms with Crippen LogP contribution in [0.5, 0.6) is 0 Å². The van der Waals surface area contributed by atoms with E-state index in [4.69, 9.17) is 13.6 Å². The van der Waals surface area contributed by atoms with Crippen LogP contribution in [0.4, 0.5) is 0 Å². The highest BCUT2D eigenvalue weighted by Crippen LogP contribution is 2.49. The minimum absolute atomic E-state index is 0.307. The summed E-state index contributed by atoms with van der Waals surface area (Å²) in [4.78, 5) is 0. The highest BCUT2D eigenvalue weighted by Gasteiger charge is 2.25. The van der Waals surface area contributed by atoms with E-state index in [0.29, 0.717) is 25.0 Å². The van der Waals surface area contributed by atoms with E-state index in [1.54, 1.807) is 0 Å². The average Bonchev–Trinajstić information content (AvgIpc) is 2.11. The minimum Gasteiger partial charge on any atom is -0.290 e. The van der Waals surface area contributed by atoms with Crippen LogP contribution in [0.15, 0.2) is 0 Å². The summed E-state index contributed by atoms with van der Waals surface area (Å²) in [5.74, 6) is 0.613. The number of phosphoric acid groups is 1. The van der Waals surface area contributed by atoms with Crippen molar-refractivity contribution in [2.24, 2.45) is 11.8 Å². The van der Waals surface area contributed by atoms with E-state index in [0.717, 1.165) is 0 Å². The Labute approximate surface area is 86.5 Å². The van der Waals surface area contributed by atoms with Crippen molar-refractivity contribution in [2.75, 3.05) is 20.3 Å². The quantitative estimate of drug-likeness (QED) is 0.623. The van der Waals surface area contributed by atoms with Crippen molar-refractivity contribution in [1.29, 1.82) is 0 Å². The Morgan fingerprint density at radius 3 is 1.57 bits per heavy atom. The van der Waals surface area contributed by atoms with Crippen molar-refractivity contribution in [3.8, 4) is 0 Å². The van der Waals surface area contributed by atoms with Crippen LogP contribution in [0.1, 0.15) is 27.7 Å². The van der Waals surface area contributed by atoms with Crippen molar-refractivity contribution in [2.45, 2.75) is 27.7 Å². The molecule has 0 N–H and O–H groups in total. The average molecular weight is 224 g/mol. The van der Waals surface area contributed by atoms with Gasteiger partial charge in [0.25, 0.3) is 0 Å². The molecule has 5 heteroatoms. The van der Waals surface area contributed by atoms with Gasteiger partial charge in [-0.3, -0.25) is 13.6 Å². The van der Waals surface area contributed by atoms with Crippen molar-refractivity contribution in [1.82, 2.24) is 0 Å². The summed E-state index contributed by atoms with van der Waals surface area (Å²) in [6.45, 7) is 8.65. The molecule has 0 radical (unpaired) electrons. The molecule has 0 aliphatic rings. The molecule has 0 atom stereocenters. The number of hydrogen-bond acceptors (Lipinski definition) is 4. The van der Waals surface area contributed by atoms with E-state index in [1.165, 1.54) is 7.11 Å². The fourth-order valence-corrected chi connectivity index (χ4v) is 1.87. The minimum atomic E-state index is -3.31. The molecule has 0 amide bonds. The maximum atomic E-state index is 11.7. The van der Waals surface area contributed by atoms with Crippen LogP contribution in [-0.4, -0.2) is 20.3 Å². The van der Waals surface area contributed by atoms with E-state index in [1.807, 2.05) is 27.7 Å². The first kappa shape index (κ1) is 14.1. The molecule has 0 spiro atoms. The lowest BCUT2D eigenvalue weighted by Gasteiger charge is -2.17. The van der Waals surface area contributed by atoms with Gasteiger partial charge in [0, 0.05) is 7.11 Å². The Balaban J connectivity index is 3.98. The van der Waals surface area contributed by atoms with Gasteiger partial charge >= 0.3 is 7.82 Å². The number of hydrogen-bond donors (Lipinski definition) is 0. The standard InChI is InChI=1S/C9H21O4P/c1-8(2)6-12-14(10,11-5)13-7-9(3)4/h8-9H,6-7H2,1-5H3. The van der Waals surface area contributed by atoms with Crippen LogP contribution < -0.4 is 0 Å². The van der Waals surface area contributed by atoms with Gasteiger partial charge in [-0.1, -0.05) is 27.7 Å². The van der Waals surface area contributed by atoms with Crippen LogP contribution in [-0.2, 0) is 18.1 Å². The van der Waals surface area contributed by atoms with Crippen LogP contribution in [0.3, 0.4) is 0 Å². The fraction of sp³-hybridized carbons (Fsp3) is 1.00. The molecule has 4 nitrogen and oxygen atoms in total. The molecule has 0 aromatic heterocycles. The van der Waals surface area contributed by atoms with Crippen molar-refractivity contribution in [3.05, 3.63) is 0 Å². The zero-order valence-electron chi connectivity index (χ0n) is 9.65. The van der Waals surface area contributed by atoms with Crippen molar-refractivity contribution >= 4 is 7.82 Å². The second-order valence-electron chi connectivity index (χ2n) is 4.01. The van der Waals surface area contributed by atoms with E-state index in [2.05, 4.69) is 0 Å². The van der Waals surface area contributed by atoms with Gasteiger partial charge in [0.05, 0.1) is 13.2 Å². The lowest BCUT2D eigenvalue weighted by atomic mass is 10.2. The first-order valence-electron chi connectivity index (χ1n) is 4.84. The fourth-order valence-electron chi connectivity index (χ4n) is 0.623. The summed E-state index contributed by atoms with van der Waals surface area (Å²) >= 11 is 0. The van der Waals surface area contributed by atoms with Gasteiger partial charge in [-0.2, -0.15) is 0 Å². The summed E-state index contributed by atoms with van der Waals surface area (Å²) in [6.07, 6.45) is 0. The van der Waals surface area contributed by atoms with Crippen LogP contribution in [0.2, 0.25) is 0 Å². The van der Waals surface area contributed by atoms with Crippen LogP contribution in [0.25, 0.3) is 0 Å². The molecular weight excluding hydrogens is 203 g/mol. The Morgan fingerprint density at radius 2 is 1.36 bits per heavy atom. The zero-order chi connectivity index (χ0) is 11.2. The predicted octanol–water partition coefficient (Wildman–Crippen LogP) is 3.09. The SMILES string of the molecule is COP(=O)(OCC(C)C)OCC(C)C. The Bertz CT molecular complexity index is 175. The molecule has 0 heterocycles. The molecule has 0 rings (SSSR count). The molecular formula is C9H21O4P. The van der Waals surface area contributed by atoms with E-state index in [-0.39, 0.29) is 0 Å². The molecule has 0 aromatic rings. The summed E-state index contributed by atoms with van der Waals surface area (Å²) in [7, 11) is -1.97. The molecule has 0 fully saturated rings. The van der Waals surface area contributed by atoms with E-state index >= 15 is 0 Å². The van der Waals surface area contributed by atoms with Gasteiger partial charge in [0.15, 0.2) is 0 Å². The third kappa shape index (κ3) is 6.55. The summed E-state index contributed by atoms with van der Waals surface area (Å²) < 4.78 is 26.7. The second-order valence-corrected chi connectivity index (χ2v) is 5.78. The van der Waals surface area contributed by atoms with Gasteiger partial charge in [-0.15, -0.1) is 0 Å². The lowest BCUT2D eigenvalue weighted by Crippen LogP contribution is -2.07. The first-order valence-corrected chi connectivity index (χ1v) is 6.30. The summed E-state index contributed by atoms with van der Waals surface area (Å²) in [5, 5.41) is 0. The Hall–Kier alpha value is 0.110. The molecule has 0 aliphatic carbocycles. The Kier molecular flexibility index (Phi) is 6.62.